The summed E-state index contributed by atoms with van der Waals surface area (Å²) in [6.45, 7) is 3.52. The highest BCUT2D eigenvalue weighted by molar-refractivity contribution is 7.10. The lowest BCUT2D eigenvalue weighted by Gasteiger charge is -2.24. The van der Waals surface area contributed by atoms with E-state index in [2.05, 4.69) is 22.4 Å². The first-order valence-corrected chi connectivity index (χ1v) is 9.04. The van der Waals surface area contributed by atoms with Crippen molar-refractivity contribution in [1.82, 2.24) is 4.90 Å². The zero-order valence-corrected chi connectivity index (χ0v) is 14.3. The average molecular weight is 341 g/mol. The zero-order valence-electron chi connectivity index (χ0n) is 13.5. The molecule has 0 radical (unpaired) electrons. The van der Waals surface area contributed by atoms with Crippen LogP contribution in [0.15, 0.2) is 44.9 Å². The van der Waals surface area contributed by atoms with E-state index in [1.54, 1.807) is 30.4 Å². The van der Waals surface area contributed by atoms with Crippen molar-refractivity contribution in [2.45, 2.75) is 32.4 Å². The first-order valence-electron chi connectivity index (χ1n) is 8.16. The highest BCUT2D eigenvalue weighted by atomic mass is 32.1. The van der Waals surface area contributed by atoms with E-state index in [0.29, 0.717) is 17.2 Å². The molecule has 1 N–H and O–H groups in total. The van der Waals surface area contributed by atoms with Crippen LogP contribution in [0.25, 0.3) is 11.0 Å². The number of likely N-dealkylation sites (tertiary alicyclic amines) is 1. The minimum absolute atomic E-state index is 0.153. The van der Waals surface area contributed by atoms with Gasteiger partial charge in [-0.25, -0.2) is 4.79 Å². The van der Waals surface area contributed by atoms with E-state index >= 15 is 0 Å². The van der Waals surface area contributed by atoms with Crippen molar-refractivity contribution >= 4 is 22.3 Å². The maximum Gasteiger partial charge on any atom is 0.336 e. The van der Waals surface area contributed by atoms with Crippen LogP contribution in [0.2, 0.25) is 0 Å². The second-order valence-corrected chi connectivity index (χ2v) is 7.30. The van der Waals surface area contributed by atoms with Gasteiger partial charge in [-0.2, -0.15) is 0 Å². The van der Waals surface area contributed by atoms with Crippen molar-refractivity contribution in [3.63, 3.8) is 0 Å². The number of hydrogen-bond acceptors (Lipinski definition) is 5. The minimum atomic E-state index is -0.363. The highest BCUT2D eigenvalue weighted by Crippen LogP contribution is 2.36. The Bertz CT molecular complexity index is 930. The molecule has 0 saturated carbocycles. The number of fused-ring (bicyclic) bond motifs is 1. The van der Waals surface area contributed by atoms with Crippen LogP contribution in [0.3, 0.4) is 0 Å². The number of hydrogen-bond donors (Lipinski definition) is 1. The topological polar surface area (TPSA) is 53.7 Å². The summed E-state index contributed by atoms with van der Waals surface area (Å²) in [5, 5.41) is 12.9. The third-order valence-corrected chi connectivity index (χ3v) is 5.80. The van der Waals surface area contributed by atoms with Gasteiger partial charge in [-0.15, -0.1) is 11.3 Å². The van der Waals surface area contributed by atoms with E-state index < -0.39 is 0 Å². The largest absolute Gasteiger partial charge is 0.508 e. The van der Waals surface area contributed by atoms with E-state index in [-0.39, 0.29) is 11.4 Å². The number of rotatable bonds is 3. The van der Waals surface area contributed by atoms with Crippen LogP contribution in [0, 0.1) is 6.92 Å². The van der Waals surface area contributed by atoms with Crippen LogP contribution in [0.5, 0.6) is 5.75 Å². The van der Waals surface area contributed by atoms with Gasteiger partial charge in [0, 0.05) is 34.5 Å². The van der Waals surface area contributed by atoms with Crippen molar-refractivity contribution in [1.29, 1.82) is 0 Å². The van der Waals surface area contributed by atoms with Crippen LogP contribution >= 0.6 is 11.3 Å². The Balaban J connectivity index is 1.74. The number of phenols is 1. The molecule has 3 aromatic rings. The molecule has 1 aliphatic rings. The van der Waals surface area contributed by atoms with Crippen molar-refractivity contribution in [3.05, 3.63) is 62.1 Å². The maximum absolute atomic E-state index is 12.0. The van der Waals surface area contributed by atoms with Crippen LogP contribution < -0.4 is 5.63 Å². The van der Waals surface area contributed by atoms with E-state index in [1.165, 1.54) is 11.3 Å². The minimum Gasteiger partial charge on any atom is -0.508 e. The first-order chi connectivity index (χ1) is 11.6. The first kappa shape index (κ1) is 15.4. The predicted molar refractivity (Wildman–Crippen MR) is 95.6 cm³/mol. The molecule has 0 spiro atoms. The second-order valence-electron chi connectivity index (χ2n) is 6.32. The van der Waals surface area contributed by atoms with Crippen molar-refractivity contribution in [2.75, 3.05) is 6.54 Å². The van der Waals surface area contributed by atoms with Gasteiger partial charge < -0.3 is 9.52 Å². The smallest absolute Gasteiger partial charge is 0.336 e. The molecule has 0 bridgehead atoms. The van der Waals surface area contributed by atoms with E-state index in [9.17, 15) is 9.90 Å². The average Bonchev–Trinajstić information content (AvgIpc) is 3.22. The standard InChI is InChI=1S/C19H19NO3S/c1-12-16(21)7-6-14-13(10-18(22)23-19(12)14)11-20-8-2-4-15(20)17-5-3-9-24-17/h3,5-7,9-10,15,21H,2,4,8,11H2,1H3/t15-/m0/s1. The molecule has 0 amide bonds. The summed E-state index contributed by atoms with van der Waals surface area (Å²) in [6, 6.07) is 9.80. The number of aromatic hydroxyl groups is 1. The lowest BCUT2D eigenvalue weighted by molar-refractivity contribution is 0.252. The lowest BCUT2D eigenvalue weighted by atomic mass is 10.1. The van der Waals surface area contributed by atoms with Gasteiger partial charge in [0.25, 0.3) is 0 Å². The summed E-state index contributed by atoms with van der Waals surface area (Å²) in [5.74, 6) is 0.153. The molecular formula is C19H19NO3S. The van der Waals surface area contributed by atoms with E-state index in [1.807, 2.05) is 6.07 Å². The van der Waals surface area contributed by atoms with Gasteiger partial charge in [-0.3, -0.25) is 4.90 Å². The molecule has 1 fully saturated rings. The fourth-order valence-electron chi connectivity index (χ4n) is 3.58. The fourth-order valence-corrected chi connectivity index (χ4v) is 4.48. The highest BCUT2D eigenvalue weighted by Gasteiger charge is 2.27. The Hall–Kier alpha value is -2.11. The Morgan fingerprint density at radius 2 is 2.25 bits per heavy atom. The van der Waals surface area contributed by atoms with E-state index in [0.717, 1.165) is 30.5 Å². The van der Waals surface area contributed by atoms with E-state index in [4.69, 9.17) is 4.42 Å². The molecule has 4 nitrogen and oxygen atoms in total. The van der Waals surface area contributed by atoms with Crippen molar-refractivity contribution in [3.8, 4) is 5.75 Å². The third-order valence-electron chi connectivity index (χ3n) is 4.83. The summed E-state index contributed by atoms with van der Waals surface area (Å²) >= 11 is 1.79. The fraction of sp³-hybridized carbons (Fsp3) is 0.316. The third kappa shape index (κ3) is 2.64. The van der Waals surface area contributed by atoms with Crippen molar-refractivity contribution < 1.29 is 9.52 Å². The quantitative estimate of drug-likeness (QED) is 0.725. The van der Waals surface area contributed by atoms with Crippen LogP contribution in [-0.4, -0.2) is 16.6 Å². The Morgan fingerprint density at radius 3 is 3.04 bits per heavy atom. The Kier molecular flexibility index (Phi) is 3.90. The van der Waals surface area contributed by atoms with Gasteiger partial charge in [-0.05, 0) is 55.5 Å². The molecular weight excluding hydrogens is 322 g/mol. The molecule has 4 rings (SSSR count). The summed E-state index contributed by atoms with van der Waals surface area (Å²) in [7, 11) is 0. The summed E-state index contributed by atoms with van der Waals surface area (Å²) < 4.78 is 5.35. The number of aryl methyl sites for hydroxylation is 1. The van der Waals surface area contributed by atoms with Gasteiger partial charge >= 0.3 is 5.63 Å². The molecule has 24 heavy (non-hydrogen) atoms. The number of phenolic OH excluding ortho intramolecular Hbond substituents is 1. The zero-order chi connectivity index (χ0) is 16.7. The molecule has 124 valence electrons. The summed E-state index contributed by atoms with van der Waals surface area (Å²) in [5.41, 5.74) is 1.71. The second kappa shape index (κ2) is 6.07. The molecule has 3 heterocycles. The van der Waals surface area contributed by atoms with Crippen LogP contribution in [-0.2, 0) is 6.54 Å². The lowest BCUT2D eigenvalue weighted by Crippen LogP contribution is -2.23. The maximum atomic E-state index is 12.0. The van der Waals surface area contributed by atoms with Gasteiger partial charge in [0.15, 0.2) is 0 Å². The summed E-state index contributed by atoms with van der Waals surface area (Å²) in [6.07, 6.45) is 2.32. The number of thiophene rings is 1. The summed E-state index contributed by atoms with van der Waals surface area (Å²) in [4.78, 5) is 15.8. The van der Waals surface area contributed by atoms with Gasteiger partial charge in [0.1, 0.15) is 11.3 Å². The Labute approximate surface area is 144 Å². The molecule has 2 aromatic heterocycles. The molecule has 1 atom stereocenters. The van der Waals surface area contributed by atoms with Gasteiger partial charge in [-0.1, -0.05) is 6.07 Å². The van der Waals surface area contributed by atoms with Gasteiger partial charge in [0.05, 0.1) is 0 Å². The van der Waals surface area contributed by atoms with Crippen LogP contribution in [0.1, 0.15) is 34.9 Å². The molecule has 1 saturated heterocycles. The SMILES string of the molecule is Cc1c(O)ccc2c(CN3CCC[C@H]3c3cccs3)cc(=O)oc12. The molecule has 1 aliphatic heterocycles. The Morgan fingerprint density at radius 1 is 1.38 bits per heavy atom. The van der Waals surface area contributed by atoms with Crippen LogP contribution in [0.4, 0.5) is 0 Å². The number of nitrogens with zero attached hydrogens (tertiary/aromatic N) is 1. The molecule has 0 aliphatic carbocycles. The molecule has 1 aromatic carbocycles. The molecule has 5 heteroatoms. The monoisotopic (exact) mass is 341 g/mol. The van der Waals surface area contributed by atoms with Crippen molar-refractivity contribution in [2.24, 2.45) is 0 Å². The predicted octanol–water partition coefficient (Wildman–Crippen LogP) is 4.21. The number of benzene rings is 1. The van der Waals surface area contributed by atoms with Gasteiger partial charge in [0.2, 0.25) is 0 Å². The normalized spacial score (nSPS) is 18.5. The molecule has 0 unspecified atom stereocenters.